The number of carbonyl (C=O) groups excluding carboxylic acids is 3. The maximum atomic E-state index is 13.1. The highest BCUT2D eigenvalue weighted by molar-refractivity contribution is 7.09. The Morgan fingerprint density at radius 1 is 1.10 bits per heavy atom. The molecule has 29 heavy (non-hydrogen) atoms. The fraction of sp³-hybridized carbons (Fsp3) is 0.227. The molecule has 0 saturated carbocycles. The number of benzene rings is 2. The second-order valence-corrected chi connectivity index (χ2v) is 8.18. The monoisotopic (exact) mass is 407 g/mol. The first-order valence-electron chi connectivity index (χ1n) is 9.40. The van der Waals surface area contributed by atoms with Crippen molar-refractivity contribution in [3.63, 3.8) is 0 Å². The summed E-state index contributed by atoms with van der Waals surface area (Å²) in [5.74, 6) is -0.778. The van der Waals surface area contributed by atoms with Crippen molar-refractivity contribution in [2.45, 2.75) is 18.9 Å². The summed E-state index contributed by atoms with van der Waals surface area (Å²) in [6, 6.07) is 16.8. The Morgan fingerprint density at radius 3 is 2.69 bits per heavy atom. The fourth-order valence-corrected chi connectivity index (χ4v) is 4.37. The number of nitrogens with zero attached hydrogens (tertiary/aromatic N) is 1. The van der Waals surface area contributed by atoms with Gasteiger partial charge in [0.1, 0.15) is 12.1 Å². The van der Waals surface area contributed by atoms with Crippen molar-refractivity contribution in [2.24, 2.45) is 0 Å². The van der Waals surface area contributed by atoms with Crippen LogP contribution >= 0.6 is 11.3 Å². The van der Waals surface area contributed by atoms with Crippen molar-refractivity contribution in [2.75, 3.05) is 13.1 Å². The first kappa shape index (κ1) is 19.1. The molecule has 0 bridgehead atoms. The number of amides is 4. The van der Waals surface area contributed by atoms with E-state index in [2.05, 4.69) is 10.6 Å². The second kappa shape index (κ2) is 7.67. The molecule has 6 nitrogen and oxygen atoms in total. The third-order valence-electron chi connectivity index (χ3n) is 5.18. The van der Waals surface area contributed by atoms with Crippen molar-refractivity contribution in [3.05, 3.63) is 70.4 Å². The minimum Gasteiger partial charge on any atom is -0.354 e. The van der Waals surface area contributed by atoms with E-state index in [1.807, 2.05) is 60.0 Å². The molecule has 1 aliphatic heterocycles. The lowest BCUT2D eigenvalue weighted by atomic mass is 9.88. The van der Waals surface area contributed by atoms with Crippen LogP contribution < -0.4 is 10.6 Å². The number of hydrogen-bond donors (Lipinski definition) is 2. The summed E-state index contributed by atoms with van der Waals surface area (Å²) in [5, 5.41) is 9.43. The van der Waals surface area contributed by atoms with Crippen LogP contribution in [0.4, 0.5) is 4.79 Å². The van der Waals surface area contributed by atoms with E-state index in [0.29, 0.717) is 6.54 Å². The maximum Gasteiger partial charge on any atom is 0.325 e. The average molecular weight is 407 g/mol. The van der Waals surface area contributed by atoms with Crippen LogP contribution in [-0.2, 0) is 21.5 Å². The topological polar surface area (TPSA) is 78.5 Å². The van der Waals surface area contributed by atoms with Gasteiger partial charge < -0.3 is 10.6 Å². The third kappa shape index (κ3) is 3.61. The van der Waals surface area contributed by atoms with Gasteiger partial charge in [-0.1, -0.05) is 48.5 Å². The summed E-state index contributed by atoms with van der Waals surface area (Å²) < 4.78 is 0. The van der Waals surface area contributed by atoms with Gasteiger partial charge in [0.2, 0.25) is 5.91 Å². The zero-order chi connectivity index (χ0) is 20.4. The molecule has 4 rings (SSSR count). The largest absolute Gasteiger partial charge is 0.354 e. The average Bonchev–Trinajstić information content (AvgIpc) is 3.31. The molecule has 2 aromatic carbocycles. The molecule has 1 fully saturated rings. The Kier molecular flexibility index (Phi) is 5.07. The fourth-order valence-electron chi connectivity index (χ4n) is 3.66. The van der Waals surface area contributed by atoms with E-state index in [1.54, 1.807) is 18.3 Å². The van der Waals surface area contributed by atoms with E-state index in [9.17, 15) is 14.4 Å². The lowest BCUT2D eigenvalue weighted by Gasteiger charge is -2.24. The van der Waals surface area contributed by atoms with Crippen LogP contribution in [0.2, 0.25) is 0 Å². The highest BCUT2D eigenvalue weighted by Crippen LogP contribution is 2.33. The molecular formula is C22H21N3O3S. The second-order valence-electron chi connectivity index (χ2n) is 7.15. The van der Waals surface area contributed by atoms with Crippen LogP contribution in [-0.4, -0.2) is 35.8 Å². The summed E-state index contributed by atoms with van der Waals surface area (Å²) >= 11 is 1.63. The molecule has 3 aromatic rings. The summed E-state index contributed by atoms with van der Waals surface area (Å²) in [6.45, 7) is 1.85. The number of fused-ring (bicyclic) bond motifs is 1. The van der Waals surface area contributed by atoms with E-state index in [0.717, 1.165) is 27.7 Å². The predicted octanol–water partition coefficient (Wildman–Crippen LogP) is 3.03. The molecule has 4 amide bonds. The number of rotatable bonds is 6. The molecule has 1 unspecified atom stereocenters. The van der Waals surface area contributed by atoms with Gasteiger partial charge >= 0.3 is 6.03 Å². The molecule has 1 saturated heterocycles. The maximum absolute atomic E-state index is 13.1. The highest BCUT2D eigenvalue weighted by Gasteiger charge is 2.50. The van der Waals surface area contributed by atoms with Crippen LogP contribution in [0.3, 0.4) is 0 Å². The molecule has 2 heterocycles. The van der Waals surface area contributed by atoms with Crippen LogP contribution in [0.25, 0.3) is 10.8 Å². The van der Waals surface area contributed by atoms with Crippen molar-refractivity contribution < 1.29 is 14.4 Å². The first-order valence-corrected chi connectivity index (χ1v) is 10.3. The molecule has 0 spiro atoms. The van der Waals surface area contributed by atoms with E-state index in [-0.39, 0.29) is 12.5 Å². The summed E-state index contributed by atoms with van der Waals surface area (Å²) in [5.41, 5.74) is -0.496. The minimum atomic E-state index is -1.21. The normalized spacial score (nSPS) is 18.9. The summed E-state index contributed by atoms with van der Waals surface area (Å²) in [4.78, 5) is 40.1. The predicted molar refractivity (Wildman–Crippen MR) is 113 cm³/mol. The van der Waals surface area contributed by atoms with E-state index < -0.39 is 17.5 Å². The van der Waals surface area contributed by atoms with Crippen molar-refractivity contribution >= 4 is 40.0 Å². The Morgan fingerprint density at radius 2 is 1.90 bits per heavy atom. The minimum absolute atomic E-state index is 0.296. The van der Waals surface area contributed by atoms with Crippen LogP contribution in [0.1, 0.15) is 17.4 Å². The van der Waals surface area contributed by atoms with Crippen molar-refractivity contribution in [1.29, 1.82) is 0 Å². The van der Waals surface area contributed by atoms with Gasteiger partial charge in [-0.2, -0.15) is 0 Å². The molecular weight excluding hydrogens is 386 g/mol. The zero-order valence-corrected chi connectivity index (χ0v) is 16.8. The quantitative estimate of drug-likeness (QED) is 0.617. The van der Waals surface area contributed by atoms with Crippen molar-refractivity contribution in [3.8, 4) is 0 Å². The molecule has 7 heteroatoms. The summed E-state index contributed by atoms with van der Waals surface area (Å²) in [6.07, 6.45) is 0.720. The van der Waals surface area contributed by atoms with Crippen LogP contribution in [0.5, 0.6) is 0 Å². The molecule has 2 N–H and O–H groups in total. The van der Waals surface area contributed by atoms with Gasteiger partial charge in [-0.15, -0.1) is 11.3 Å². The van der Waals surface area contributed by atoms with E-state index in [4.69, 9.17) is 0 Å². The molecule has 0 aliphatic carbocycles. The Hall–Kier alpha value is -3.19. The molecule has 148 valence electrons. The number of urea groups is 1. The number of imide groups is 1. The van der Waals surface area contributed by atoms with Gasteiger partial charge in [0.15, 0.2) is 0 Å². The van der Waals surface area contributed by atoms with Crippen molar-refractivity contribution in [1.82, 2.24) is 15.5 Å². The Bertz CT molecular complexity index is 1070. The van der Waals surface area contributed by atoms with Gasteiger partial charge in [-0.25, -0.2) is 4.79 Å². The number of nitrogens with one attached hydrogen (secondary N) is 2. The molecule has 1 atom stereocenters. The van der Waals surface area contributed by atoms with Gasteiger partial charge in [-0.3, -0.25) is 14.5 Å². The van der Waals surface area contributed by atoms with Gasteiger partial charge in [-0.05, 0) is 41.1 Å². The third-order valence-corrected chi connectivity index (χ3v) is 6.11. The van der Waals surface area contributed by atoms with E-state index >= 15 is 0 Å². The number of carbonyl (C=O) groups is 3. The van der Waals surface area contributed by atoms with Gasteiger partial charge in [0.25, 0.3) is 5.91 Å². The summed E-state index contributed by atoms with van der Waals surface area (Å²) in [7, 11) is 0. The standard InChI is InChI=1S/C22H21N3O3S/c1-22(18-10-4-7-15-6-2-3-9-17(15)18)20(27)25(21(28)24-22)14-19(26)23-12-11-16-8-5-13-29-16/h2-10,13H,11-12,14H2,1H3,(H,23,26)(H,24,28). The molecule has 1 aromatic heterocycles. The number of thiophene rings is 1. The van der Waals surface area contributed by atoms with Gasteiger partial charge in [0.05, 0.1) is 0 Å². The van der Waals surface area contributed by atoms with E-state index in [1.165, 1.54) is 4.88 Å². The van der Waals surface area contributed by atoms with Crippen LogP contribution in [0, 0.1) is 0 Å². The lowest BCUT2D eigenvalue weighted by Crippen LogP contribution is -2.43. The highest BCUT2D eigenvalue weighted by atomic mass is 32.1. The SMILES string of the molecule is CC1(c2cccc3ccccc23)NC(=O)N(CC(=O)NCCc2cccs2)C1=O. The zero-order valence-electron chi connectivity index (χ0n) is 16.0. The van der Waals surface area contributed by atoms with Crippen LogP contribution in [0.15, 0.2) is 60.0 Å². The lowest BCUT2D eigenvalue weighted by molar-refractivity contribution is -0.134. The molecule has 0 radical (unpaired) electrons. The number of hydrogen-bond acceptors (Lipinski definition) is 4. The van der Waals surface area contributed by atoms with Gasteiger partial charge in [0, 0.05) is 11.4 Å². The Balaban J connectivity index is 1.48. The smallest absolute Gasteiger partial charge is 0.325 e. The first-order chi connectivity index (χ1) is 14.0. The molecule has 1 aliphatic rings. The Labute approximate surface area is 172 Å².